The van der Waals surface area contributed by atoms with Gasteiger partial charge in [-0.25, -0.2) is 9.37 Å². The summed E-state index contributed by atoms with van der Waals surface area (Å²) in [5.41, 5.74) is -1.73. The van der Waals surface area contributed by atoms with Gasteiger partial charge in [0.25, 0.3) is 0 Å². The first-order chi connectivity index (χ1) is 19.0. The van der Waals surface area contributed by atoms with Crippen molar-refractivity contribution in [3.05, 3.63) is 6.33 Å². The summed E-state index contributed by atoms with van der Waals surface area (Å²) in [5.74, 6) is -1.17. The number of alkyl halides is 1. The maximum atomic E-state index is 16.6. The van der Waals surface area contributed by atoms with Gasteiger partial charge in [-0.05, 0) is 25.7 Å². The predicted octanol–water partition coefficient (Wildman–Crippen LogP) is 3.92. The number of rotatable bonds is 10. The van der Waals surface area contributed by atoms with Crippen LogP contribution < -0.4 is 10.6 Å². The molecule has 12 nitrogen and oxygen atoms in total. The zero-order valence-electron chi connectivity index (χ0n) is 23.7. The van der Waals surface area contributed by atoms with Crippen molar-refractivity contribution in [1.82, 2.24) is 19.5 Å². The lowest BCUT2D eigenvalue weighted by atomic mass is 9.87. The average Bonchev–Trinajstić information content (AvgIpc) is 3.45. The molecule has 2 N–H and O–H groups in total. The van der Waals surface area contributed by atoms with Gasteiger partial charge in [-0.3, -0.25) is 24.3 Å². The van der Waals surface area contributed by atoms with Crippen molar-refractivity contribution >= 4 is 40.8 Å². The van der Waals surface area contributed by atoms with Gasteiger partial charge in [0.1, 0.15) is 12.7 Å². The molecule has 0 spiro atoms. The number of anilines is 2. The van der Waals surface area contributed by atoms with Gasteiger partial charge in [-0.15, -0.1) is 0 Å². The molecule has 0 bridgehead atoms. The van der Waals surface area contributed by atoms with E-state index in [9.17, 15) is 14.4 Å². The molecule has 0 radical (unpaired) electrons. The van der Waals surface area contributed by atoms with Crippen LogP contribution in [0, 0.1) is 11.8 Å². The lowest BCUT2D eigenvalue weighted by Gasteiger charge is -2.28. The number of imidazole rings is 1. The number of amides is 1. The summed E-state index contributed by atoms with van der Waals surface area (Å²) in [6.45, 7) is 5.98. The molecule has 2 aliphatic rings. The number of hydrogen-bond acceptors (Lipinski definition) is 10. The minimum atomic E-state index is -2.25. The lowest BCUT2D eigenvalue weighted by Crippen LogP contribution is -2.45. The second-order valence-electron chi connectivity index (χ2n) is 11.0. The first kappa shape index (κ1) is 29.6. The molecule has 3 heterocycles. The van der Waals surface area contributed by atoms with Crippen LogP contribution >= 0.6 is 0 Å². The molecular weight excluding hydrogens is 523 g/mol. The highest BCUT2D eigenvalue weighted by Crippen LogP contribution is 2.44. The number of esters is 2. The molecule has 1 saturated heterocycles. The highest BCUT2D eigenvalue weighted by atomic mass is 19.1. The molecule has 1 amide bonds. The predicted molar refractivity (Wildman–Crippen MR) is 144 cm³/mol. The van der Waals surface area contributed by atoms with Crippen molar-refractivity contribution < 1.29 is 33.0 Å². The van der Waals surface area contributed by atoms with E-state index < -0.39 is 36.0 Å². The van der Waals surface area contributed by atoms with Crippen LogP contribution in [0.3, 0.4) is 0 Å². The smallest absolute Gasteiger partial charge is 0.308 e. The van der Waals surface area contributed by atoms with Crippen molar-refractivity contribution in [2.75, 3.05) is 24.3 Å². The van der Waals surface area contributed by atoms with E-state index in [1.165, 1.54) is 24.2 Å². The topological polar surface area (TPSA) is 147 Å². The van der Waals surface area contributed by atoms with E-state index in [0.29, 0.717) is 17.8 Å². The first-order valence-corrected chi connectivity index (χ1v) is 14.0. The summed E-state index contributed by atoms with van der Waals surface area (Å²) in [5, 5.41) is 5.51. The van der Waals surface area contributed by atoms with Crippen molar-refractivity contribution in [2.45, 2.75) is 96.7 Å². The largest absolute Gasteiger partial charge is 0.463 e. The number of ether oxygens (including phenoxy) is 3. The van der Waals surface area contributed by atoms with Crippen LogP contribution in [0.2, 0.25) is 0 Å². The Kier molecular flexibility index (Phi) is 9.22. The lowest BCUT2D eigenvalue weighted by molar-refractivity contribution is -0.164. The van der Waals surface area contributed by atoms with Gasteiger partial charge in [0, 0.05) is 19.9 Å². The fraction of sp³-hybridized carbons (Fsp3) is 0.704. The second kappa shape index (κ2) is 12.4. The summed E-state index contributed by atoms with van der Waals surface area (Å²) in [7, 11) is 1.64. The minimum absolute atomic E-state index is 0.0139. The molecule has 2 fully saturated rings. The summed E-state index contributed by atoms with van der Waals surface area (Å²) >= 11 is 0. The summed E-state index contributed by atoms with van der Waals surface area (Å²) in [6, 6.07) is 0. The zero-order chi connectivity index (χ0) is 29.0. The molecule has 220 valence electrons. The number of fused-ring (bicyclic) bond motifs is 1. The van der Waals surface area contributed by atoms with Gasteiger partial charge in [-0.1, -0.05) is 40.0 Å². The van der Waals surface area contributed by atoms with Crippen LogP contribution in [0.15, 0.2) is 6.33 Å². The number of halogens is 1. The molecule has 0 aromatic carbocycles. The molecule has 4 atom stereocenters. The van der Waals surface area contributed by atoms with Crippen molar-refractivity contribution in [3.8, 4) is 0 Å². The van der Waals surface area contributed by atoms with Gasteiger partial charge in [0.15, 0.2) is 35.0 Å². The quantitative estimate of drug-likeness (QED) is 0.408. The van der Waals surface area contributed by atoms with Crippen LogP contribution in [0.1, 0.15) is 78.9 Å². The number of carbonyl (C=O) groups is 3. The van der Waals surface area contributed by atoms with E-state index in [-0.39, 0.29) is 42.4 Å². The monoisotopic (exact) mass is 562 g/mol. The number of nitrogens with one attached hydrogen (secondary N) is 2. The third-order valence-electron chi connectivity index (χ3n) is 7.47. The molecular formula is C27H39FN6O6. The van der Waals surface area contributed by atoms with Crippen LogP contribution in [0.5, 0.6) is 0 Å². The molecule has 40 heavy (non-hydrogen) atoms. The maximum absolute atomic E-state index is 16.6. The van der Waals surface area contributed by atoms with Crippen molar-refractivity contribution in [2.24, 2.45) is 11.8 Å². The first-order valence-electron chi connectivity index (χ1n) is 14.0. The fourth-order valence-corrected chi connectivity index (χ4v) is 5.18. The van der Waals surface area contributed by atoms with Gasteiger partial charge in [0.2, 0.25) is 11.9 Å². The molecule has 1 aliphatic carbocycles. The van der Waals surface area contributed by atoms with Gasteiger partial charge >= 0.3 is 11.9 Å². The Hall–Kier alpha value is -3.35. The summed E-state index contributed by atoms with van der Waals surface area (Å²) in [4.78, 5) is 50.2. The third-order valence-corrected chi connectivity index (χ3v) is 7.47. The van der Waals surface area contributed by atoms with E-state index in [0.717, 1.165) is 25.7 Å². The Morgan fingerprint density at radius 2 is 1.95 bits per heavy atom. The highest BCUT2D eigenvalue weighted by Gasteiger charge is 2.58. The third kappa shape index (κ3) is 6.34. The average molecular weight is 563 g/mol. The molecule has 2 aromatic heterocycles. The molecule has 1 aliphatic heterocycles. The Morgan fingerprint density at radius 3 is 2.60 bits per heavy atom. The molecule has 0 unspecified atom stereocenters. The van der Waals surface area contributed by atoms with E-state index in [4.69, 9.17) is 14.2 Å². The second-order valence-corrected chi connectivity index (χ2v) is 11.0. The van der Waals surface area contributed by atoms with Crippen molar-refractivity contribution in [1.29, 1.82) is 0 Å². The SMILES string of the molecule is CCC(=O)Nc1nc(NC)c2ncn([C@@H]3O[C@H](COC(=O)CC4CCCCC4)[C@@H](OC(=O)C(C)C)[C@@]3(C)F)c2n1. The number of aromatic nitrogens is 4. The summed E-state index contributed by atoms with van der Waals surface area (Å²) in [6.07, 6.45) is 3.44. The Bertz CT molecular complexity index is 1230. The van der Waals surface area contributed by atoms with E-state index in [1.807, 2.05) is 0 Å². The molecule has 2 aromatic rings. The van der Waals surface area contributed by atoms with Crippen LogP contribution in [-0.2, 0) is 28.6 Å². The standard InChI is InChI=1S/C27H39FN6O6/c1-6-18(35)31-26-32-22(29-5)20-23(33-26)34(14-30-20)25-27(4,28)21(40-24(37)15(2)3)17(39-25)13-38-19(36)12-16-10-8-7-9-11-16/h14-17,21,25H,6-13H2,1-5H3,(H2,29,31,32,33,35)/t17-,21-,25-,27-/m1/s1. The maximum Gasteiger partial charge on any atom is 0.308 e. The van der Waals surface area contributed by atoms with Gasteiger partial charge in [0.05, 0.1) is 12.2 Å². The summed E-state index contributed by atoms with van der Waals surface area (Å²) < 4.78 is 35.2. The van der Waals surface area contributed by atoms with Gasteiger partial charge < -0.3 is 19.5 Å². The number of carbonyl (C=O) groups excluding carboxylic acids is 3. The zero-order valence-corrected chi connectivity index (χ0v) is 23.7. The van der Waals surface area contributed by atoms with E-state index in [1.54, 1.807) is 27.8 Å². The van der Waals surface area contributed by atoms with E-state index in [2.05, 4.69) is 25.6 Å². The molecule has 13 heteroatoms. The molecule has 4 rings (SSSR count). The van der Waals surface area contributed by atoms with Crippen LogP contribution in [-0.4, -0.2) is 68.9 Å². The van der Waals surface area contributed by atoms with Crippen molar-refractivity contribution in [3.63, 3.8) is 0 Å². The van der Waals surface area contributed by atoms with Gasteiger partial charge in [-0.2, -0.15) is 9.97 Å². The minimum Gasteiger partial charge on any atom is -0.463 e. The Balaban J connectivity index is 1.62. The van der Waals surface area contributed by atoms with Crippen LogP contribution in [0.25, 0.3) is 11.2 Å². The Labute approximate surface area is 232 Å². The highest BCUT2D eigenvalue weighted by molar-refractivity contribution is 5.91. The van der Waals surface area contributed by atoms with Crippen LogP contribution in [0.4, 0.5) is 16.2 Å². The number of hydrogen-bond donors (Lipinski definition) is 2. The Morgan fingerprint density at radius 1 is 1.23 bits per heavy atom. The van der Waals surface area contributed by atoms with E-state index >= 15 is 4.39 Å². The number of nitrogens with zero attached hydrogens (tertiary/aromatic N) is 4. The molecule has 1 saturated carbocycles. The normalized spacial score (nSPS) is 25.2. The fourth-order valence-electron chi connectivity index (χ4n) is 5.18.